The van der Waals surface area contributed by atoms with E-state index in [-0.39, 0.29) is 23.7 Å². The van der Waals surface area contributed by atoms with Gasteiger partial charge in [0, 0.05) is 12.6 Å². The first-order valence-corrected chi connectivity index (χ1v) is 5.38. The lowest BCUT2D eigenvalue weighted by molar-refractivity contribution is -0.385. The second-order valence-electron chi connectivity index (χ2n) is 3.53. The predicted molar refractivity (Wildman–Crippen MR) is 71.0 cm³/mol. The van der Waals surface area contributed by atoms with Gasteiger partial charge < -0.3 is 11.1 Å². The Balaban J connectivity index is 0.00000289. The lowest BCUT2D eigenvalue weighted by Crippen LogP contribution is -2.25. The SMILES string of the molecule is Cl.NCCCCNC(=O)c1ccccc1[N+](=O)[O-]. The van der Waals surface area contributed by atoms with Crippen molar-refractivity contribution < 1.29 is 9.72 Å². The number of carbonyl (C=O) groups excluding carboxylic acids is 1. The number of nitro groups is 1. The smallest absolute Gasteiger partial charge is 0.282 e. The normalized spacial score (nSPS) is 9.39. The van der Waals surface area contributed by atoms with Gasteiger partial charge in [0.1, 0.15) is 5.56 Å². The molecule has 0 aliphatic rings. The van der Waals surface area contributed by atoms with Crippen LogP contribution in [0, 0.1) is 10.1 Å². The van der Waals surface area contributed by atoms with Gasteiger partial charge in [0.15, 0.2) is 0 Å². The Bertz CT molecular complexity index is 412. The number of nitro benzene ring substituents is 1. The molecule has 1 amide bonds. The van der Waals surface area contributed by atoms with Crippen LogP contribution in [0.3, 0.4) is 0 Å². The van der Waals surface area contributed by atoms with E-state index in [0.717, 1.165) is 12.8 Å². The molecule has 7 heteroatoms. The van der Waals surface area contributed by atoms with E-state index in [2.05, 4.69) is 5.32 Å². The topological polar surface area (TPSA) is 98.3 Å². The van der Waals surface area contributed by atoms with E-state index >= 15 is 0 Å². The molecule has 0 spiro atoms. The summed E-state index contributed by atoms with van der Waals surface area (Å²) in [7, 11) is 0. The van der Waals surface area contributed by atoms with Crippen LogP contribution in [0.5, 0.6) is 0 Å². The highest BCUT2D eigenvalue weighted by Crippen LogP contribution is 2.17. The summed E-state index contributed by atoms with van der Waals surface area (Å²) >= 11 is 0. The molecular formula is C11H16ClN3O3. The van der Waals surface area contributed by atoms with Crippen molar-refractivity contribution in [3.63, 3.8) is 0 Å². The molecule has 18 heavy (non-hydrogen) atoms. The van der Waals surface area contributed by atoms with Gasteiger partial charge in [-0.25, -0.2) is 0 Å². The molecule has 0 radical (unpaired) electrons. The third kappa shape index (κ3) is 4.68. The Morgan fingerprint density at radius 3 is 2.61 bits per heavy atom. The molecule has 0 heterocycles. The van der Waals surface area contributed by atoms with Gasteiger partial charge in [-0.1, -0.05) is 12.1 Å². The number of nitrogens with zero attached hydrogens (tertiary/aromatic N) is 1. The van der Waals surface area contributed by atoms with Gasteiger partial charge in [0.25, 0.3) is 11.6 Å². The molecular weight excluding hydrogens is 258 g/mol. The van der Waals surface area contributed by atoms with Crippen LogP contribution < -0.4 is 11.1 Å². The second kappa shape index (κ2) is 8.43. The molecule has 0 aromatic heterocycles. The zero-order valence-corrected chi connectivity index (χ0v) is 10.6. The number of rotatable bonds is 6. The molecule has 0 saturated heterocycles. The van der Waals surface area contributed by atoms with Crippen molar-refractivity contribution in [2.24, 2.45) is 5.73 Å². The van der Waals surface area contributed by atoms with Gasteiger partial charge >= 0.3 is 0 Å². The molecule has 0 atom stereocenters. The average molecular weight is 274 g/mol. The van der Waals surface area contributed by atoms with Crippen LogP contribution in [-0.4, -0.2) is 23.9 Å². The van der Waals surface area contributed by atoms with Crippen molar-refractivity contribution in [3.05, 3.63) is 39.9 Å². The Labute approximate surface area is 111 Å². The molecule has 0 saturated carbocycles. The van der Waals surface area contributed by atoms with Crippen molar-refractivity contribution in [1.29, 1.82) is 0 Å². The van der Waals surface area contributed by atoms with Crippen LogP contribution in [0.15, 0.2) is 24.3 Å². The van der Waals surface area contributed by atoms with Crippen molar-refractivity contribution in [2.75, 3.05) is 13.1 Å². The maximum atomic E-state index is 11.7. The van der Waals surface area contributed by atoms with Crippen LogP contribution in [0.25, 0.3) is 0 Å². The summed E-state index contributed by atoms with van der Waals surface area (Å²) < 4.78 is 0. The molecule has 1 rings (SSSR count). The van der Waals surface area contributed by atoms with Crippen LogP contribution in [0.2, 0.25) is 0 Å². The molecule has 3 N–H and O–H groups in total. The second-order valence-corrected chi connectivity index (χ2v) is 3.53. The fourth-order valence-electron chi connectivity index (χ4n) is 1.39. The van der Waals surface area contributed by atoms with Crippen molar-refractivity contribution in [2.45, 2.75) is 12.8 Å². The zero-order valence-electron chi connectivity index (χ0n) is 9.80. The molecule has 6 nitrogen and oxygen atoms in total. The highest BCUT2D eigenvalue weighted by Gasteiger charge is 2.18. The number of nitrogens with two attached hydrogens (primary N) is 1. The van der Waals surface area contributed by atoms with Crippen LogP contribution >= 0.6 is 12.4 Å². The number of hydrogen-bond donors (Lipinski definition) is 2. The summed E-state index contributed by atoms with van der Waals surface area (Å²) in [5.41, 5.74) is 5.23. The van der Waals surface area contributed by atoms with Gasteiger partial charge in [0.05, 0.1) is 4.92 Å². The van der Waals surface area contributed by atoms with Gasteiger partial charge in [-0.05, 0) is 25.5 Å². The van der Waals surface area contributed by atoms with Crippen LogP contribution in [0.1, 0.15) is 23.2 Å². The van der Waals surface area contributed by atoms with E-state index in [9.17, 15) is 14.9 Å². The molecule has 0 aliphatic carbocycles. The number of benzene rings is 1. The Morgan fingerprint density at radius 2 is 2.00 bits per heavy atom. The minimum absolute atomic E-state index is 0. The summed E-state index contributed by atoms with van der Waals surface area (Å²) in [6.07, 6.45) is 1.58. The van der Waals surface area contributed by atoms with Crippen molar-refractivity contribution in [3.8, 4) is 0 Å². The Kier molecular flexibility index (Phi) is 7.66. The van der Waals surface area contributed by atoms with Crippen LogP contribution in [0.4, 0.5) is 5.69 Å². The van der Waals surface area contributed by atoms with Crippen molar-refractivity contribution in [1.82, 2.24) is 5.32 Å². The summed E-state index contributed by atoms with van der Waals surface area (Å²) in [6, 6.07) is 5.89. The largest absolute Gasteiger partial charge is 0.352 e. The third-order valence-corrected chi connectivity index (χ3v) is 2.26. The van der Waals surface area contributed by atoms with Crippen molar-refractivity contribution >= 4 is 24.0 Å². The maximum Gasteiger partial charge on any atom is 0.282 e. The summed E-state index contributed by atoms with van der Waals surface area (Å²) in [6.45, 7) is 1.05. The number of unbranched alkanes of at least 4 members (excludes halogenated alkanes) is 1. The molecule has 1 aromatic rings. The quantitative estimate of drug-likeness (QED) is 0.466. The summed E-state index contributed by atoms with van der Waals surface area (Å²) in [5.74, 6) is -0.422. The van der Waals surface area contributed by atoms with E-state index in [4.69, 9.17) is 5.73 Å². The number of carbonyl (C=O) groups is 1. The van der Waals surface area contributed by atoms with Crippen LogP contribution in [-0.2, 0) is 0 Å². The van der Waals surface area contributed by atoms with E-state index in [1.165, 1.54) is 18.2 Å². The number of amides is 1. The van der Waals surface area contributed by atoms with Gasteiger partial charge in [-0.2, -0.15) is 0 Å². The Morgan fingerprint density at radius 1 is 1.33 bits per heavy atom. The highest BCUT2D eigenvalue weighted by molar-refractivity contribution is 5.98. The minimum atomic E-state index is -0.561. The monoisotopic (exact) mass is 273 g/mol. The molecule has 1 aromatic carbocycles. The fourth-order valence-corrected chi connectivity index (χ4v) is 1.39. The first-order valence-electron chi connectivity index (χ1n) is 5.38. The zero-order chi connectivity index (χ0) is 12.7. The molecule has 0 unspecified atom stereocenters. The summed E-state index contributed by atoms with van der Waals surface area (Å²) in [5, 5.41) is 13.3. The van der Waals surface area contributed by atoms with E-state index in [0.29, 0.717) is 13.1 Å². The van der Waals surface area contributed by atoms with E-state index in [1.807, 2.05) is 0 Å². The Hall–Kier alpha value is -1.66. The molecule has 100 valence electrons. The summed E-state index contributed by atoms with van der Waals surface area (Å²) in [4.78, 5) is 21.8. The van der Waals surface area contributed by atoms with Gasteiger partial charge in [-0.3, -0.25) is 14.9 Å². The third-order valence-electron chi connectivity index (χ3n) is 2.26. The molecule has 0 fully saturated rings. The minimum Gasteiger partial charge on any atom is -0.352 e. The fraction of sp³-hybridized carbons (Fsp3) is 0.364. The van der Waals surface area contributed by atoms with Gasteiger partial charge in [0.2, 0.25) is 0 Å². The number of para-hydroxylation sites is 1. The number of nitrogens with one attached hydrogen (secondary N) is 1. The molecule has 0 aliphatic heterocycles. The van der Waals surface area contributed by atoms with Gasteiger partial charge in [-0.15, -0.1) is 12.4 Å². The first kappa shape index (κ1) is 16.3. The standard InChI is InChI=1S/C11H15N3O3.ClH/c12-7-3-4-8-13-11(15)9-5-1-2-6-10(9)14(16)17;/h1-2,5-6H,3-4,7-8,12H2,(H,13,15);1H. The van der Waals surface area contributed by atoms with E-state index < -0.39 is 10.8 Å². The number of halogens is 1. The average Bonchev–Trinajstić information content (AvgIpc) is 2.34. The highest BCUT2D eigenvalue weighted by atomic mass is 35.5. The predicted octanol–water partition coefficient (Wildman–Crippen LogP) is 1.49. The number of hydrogen-bond acceptors (Lipinski definition) is 4. The molecule has 0 bridgehead atoms. The lowest BCUT2D eigenvalue weighted by Gasteiger charge is -2.04. The van der Waals surface area contributed by atoms with E-state index in [1.54, 1.807) is 6.07 Å². The first-order chi connectivity index (χ1) is 8.16. The maximum absolute atomic E-state index is 11.7. The lowest BCUT2D eigenvalue weighted by atomic mass is 10.1.